The van der Waals surface area contributed by atoms with E-state index in [4.69, 9.17) is 9.47 Å². The van der Waals surface area contributed by atoms with Crippen molar-refractivity contribution in [3.05, 3.63) is 110 Å². The van der Waals surface area contributed by atoms with Crippen molar-refractivity contribution in [2.24, 2.45) is 4.99 Å². The lowest BCUT2D eigenvalue weighted by atomic mass is 10.1. The van der Waals surface area contributed by atoms with Crippen molar-refractivity contribution in [3.8, 4) is 5.75 Å². The Morgan fingerprint density at radius 1 is 1.06 bits per heavy atom. The van der Waals surface area contributed by atoms with Crippen LogP contribution < -0.4 is 4.74 Å². The lowest BCUT2D eigenvalue weighted by molar-refractivity contribution is -0.385. The van der Waals surface area contributed by atoms with Crippen molar-refractivity contribution in [3.63, 3.8) is 0 Å². The highest BCUT2D eigenvalue weighted by atomic mass is 16.6. The molecule has 0 unspecified atom stereocenters. The molecule has 7 heteroatoms. The van der Waals surface area contributed by atoms with Gasteiger partial charge in [0, 0.05) is 17.2 Å². The number of nitro benzene ring substituents is 1. The maximum absolute atomic E-state index is 12.2. The zero-order chi connectivity index (χ0) is 22.7. The molecule has 1 heterocycles. The summed E-state index contributed by atoms with van der Waals surface area (Å²) in [5.74, 6) is 0.143. The third-order valence-electron chi connectivity index (χ3n) is 4.94. The minimum atomic E-state index is -0.608. The van der Waals surface area contributed by atoms with E-state index in [1.54, 1.807) is 25.1 Å². The van der Waals surface area contributed by atoms with Crippen molar-refractivity contribution in [1.29, 1.82) is 0 Å². The molecule has 0 aliphatic carbocycles. The van der Waals surface area contributed by atoms with Crippen LogP contribution in [0.3, 0.4) is 0 Å². The number of aliphatic imine (C=N–C) groups is 1. The SMILES string of the molecule is Cc1cccc(COc2ccc(/C=C3\N=C(c4ccc(C)c([N+](=O)[O-])c4)OC3=O)cc2)c1. The minimum Gasteiger partial charge on any atom is -0.489 e. The molecule has 0 spiro atoms. The second-order valence-electron chi connectivity index (χ2n) is 7.44. The van der Waals surface area contributed by atoms with Gasteiger partial charge in [-0.05, 0) is 49.2 Å². The Hall–Kier alpha value is -4.26. The highest BCUT2D eigenvalue weighted by Gasteiger charge is 2.25. The van der Waals surface area contributed by atoms with Gasteiger partial charge in [0.1, 0.15) is 12.4 Å². The Morgan fingerprint density at radius 2 is 1.84 bits per heavy atom. The zero-order valence-corrected chi connectivity index (χ0v) is 17.6. The first-order chi connectivity index (χ1) is 15.4. The van der Waals surface area contributed by atoms with Gasteiger partial charge in [0.2, 0.25) is 5.90 Å². The molecule has 3 aromatic rings. The van der Waals surface area contributed by atoms with Crippen LogP contribution in [0, 0.1) is 24.0 Å². The number of carbonyl (C=O) groups is 1. The zero-order valence-electron chi connectivity index (χ0n) is 17.6. The van der Waals surface area contributed by atoms with Crippen LogP contribution in [-0.4, -0.2) is 16.8 Å². The molecule has 160 valence electrons. The maximum Gasteiger partial charge on any atom is 0.363 e. The number of aryl methyl sites for hydroxylation is 2. The highest BCUT2D eigenvalue weighted by Crippen LogP contribution is 2.24. The number of cyclic esters (lactones) is 1. The number of ether oxygens (including phenoxy) is 2. The van der Waals surface area contributed by atoms with Crippen molar-refractivity contribution in [1.82, 2.24) is 0 Å². The van der Waals surface area contributed by atoms with E-state index in [9.17, 15) is 14.9 Å². The van der Waals surface area contributed by atoms with Gasteiger partial charge in [0.25, 0.3) is 5.69 Å². The van der Waals surface area contributed by atoms with Gasteiger partial charge in [-0.25, -0.2) is 9.79 Å². The molecule has 0 amide bonds. The van der Waals surface area contributed by atoms with E-state index in [1.807, 2.05) is 49.4 Å². The Morgan fingerprint density at radius 3 is 2.56 bits per heavy atom. The molecule has 4 rings (SSSR count). The second kappa shape index (κ2) is 8.85. The number of hydrogen-bond donors (Lipinski definition) is 0. The molecule has 0 radical (unpaired) electrons. The van der Waals surface area contributed by atoms with Crippen molar-refractivity contribution in [2.45, 2.75) is 20.5 Å². The second-order valence-corrected chi connectivity index (χ2v) is 7.44. The van der Waals surface area contributed by atoms with Gasteiger partial charge in [-0.15, -0.1) is 0 Å². The highest BCUT2D eigenvalue weighted by molar-refractivity contribution is 6.13. The summed E-state index contributed by atoms with van der Waals surface area (Å²) < 4.78 is 11.0. The van der Waals surface area contributed by atoms with Gasteiger partial charge >= 0.3 is 5.97 Å². The van der Waals surface area contributed by atoms with E-state index >= 15 is 0 Å². The number of nitrogens with zero attached hydrogens (tertiary/aromatic N) is 2. The fourth-order valence-electron chi connectivity index (χ4n) is 3.26. The summed E-state index contributed by atoms with van der Waals surface area (Å²) >= 11 is 0. The van der Waals surface area contributed by atoms with E-state index in [-0.39, 0.29) is 17.3 Å². The first kappa shape index (κ1) is 21.0. The maximum atomic E-state index is 12.2. The standard InChI is InChI=1S/C25H20N2O5/c1-16-4-3-5-19(12-16)15-31-21-10-7-18(8-11-21)13-22-25(28)32-24(26-22)20-9-6-17(2)23(14-20)27(29)30/h3-14H,15H2,1-2H3/b22-13-. The fraction of sp³-hybridized carbons (Fsp3) is 0.120. The van der Waals surface area contributed by atoms with Crippen LogP contribution in [0.15, 0.2) is 77.4 Å². The summed E-state index contributed by atoms with van der Waals surface area (Å²) in [4.78, 5) is 27.1. The Kier molecular flexibility index (Phi) is 5.81. The predicted molar refractivity (Wildman–Crippen MR) is 120 cm³/mol. The van der Waals surface area contributed by atoms with Crippen molar-refractivity contribution in [2.75, 3.05) is 0 Å². The lowest BCUT2D eigenvalue weighted by Gasteiger charge is -2.07. The number of carbonyl (C=O) groups excluding carboxylic acids is 1. The quantitative estimate of drug-likeness (QED) is 0.235. The van der Waals surface area contributed by atoms with Gasteiger partial charge in [0.05, 0.1) is 4.92 Å². The van der Waals surface area contributed by atoms with Crippen LogP contribution >= 0.6 is 0 Å². The molecule has 0 saturated heterocycles. The average molecular weight is 428 g/mol. The molecule has 0 N–H and O–H groups in total. The van der Waals surface area contributed by atoms with E-state index in [2.05, 4.69) is 11.1 Å². The summed E-state index contributed by atoms with van der Waals surface area (Å²) in [5.41, 5.74) is 3.97. The molecule has 0 bridgehead atoms. The van der Waals surface area contributed by atoms with Crippen LogP contribution in [0.1, 0.15) is 27.8 Å². The van der Waals surface area contributed by atoms with Gasteiger partial charge in [-0.3, -0.25) is 10.1 Å². The van der Waals surface area contributed by atoms with Gasteiger partial charge in [0.15, 0.2) is 5.70 Å². The van der Waals surface area contributed by atoms with E-state index in [0.717, 1.165) is 11.1 Å². The normalized spacial score (nSPS) is 14.2. The molecule has 32 heavy (non-hydrogen) atoms. The van der Waals surface area contributed by atoms with Gasteiger partial charge in [-0.1, -0.05) is 48.0 Å². The molecule has 7 nitrogen and oxygen atoms in total. The number of nitro groups is 1. The third-order valence-corrected chi connectivity index (χ3v) is 4.94. The number of rotatable bonds is 6. The fourth-order valence-corrected chi connectivity index (χ4v) is 3.26. The molecule has 0 atom stereocenters. The van der Waals surface area contributed by atoms with Crippen LogP contribution in [0.2, 0.25) is 0 Å². The minimum absolute atomic E-state index is 0.0439. The molecule has 1 aliphatic rings. The first-order valence-corrected chi connectivity index (χ1v) is 9.95. The predicted octanol–water partition coefficient (Wildman–Crippen LogP) is 5.14. The molecule has 0 fully saturated rings. The molecular weight excluding hydrogens is 408 g/mol. The van der Waals surface area contributed by atoms with Gasteiger partial charge < -0.3 is 9.47 Å². The Bertz CT molecular complexity index is 1260. The summed E-state index contributed by atoms with van der Waals surface area (Å²) in [6, 6.07) is 20.0. The van der Waals surface area contributed by atoms with Crippen LogP contribution in [-0.2, 0) is 16.1 Å². The van der Waals surface area contributed by atoms with Crippen LogP contribution in [0.4, 0.5) is 5.69 Å². The summed E-state index contributed by atoms with van der Waals surface area (Å²) in [7, 11) is 0. The summed E-state index contributed by atoms with van der Waals surface area (Å²) in [6.07, 6.45) is 1.60. The monoisotopic (exact) mass is 428 g/mol. The molecular formula is C25H20N2O5. The van der Waals surface area contributed by atoms with E-state index in [0.29, 0.717) is 23.5 Å². The summed E-state index contributed by atoms with van der Waals surface area (Å²) in [6.45, 7) is 4.14. The van der Waals surface area contributed by atoms with Gasteiger partial charge in [-0.2, -0.15) is 0 Å². The number of benzene rings is 3. The smallest absolute Gasteiger partial charge is 0.363 e. The molecule has 1 aliphatic heterocycles. The van der Waals surface area contributed by atoms with Crippen molar-refractivity contribution >= 4 is 23.6 Å². The molecule has 0 saturated carbocycles. The Labute approximate surface area is 184 Å². The number of esters is 1. The van der Waals surface area contributed by atoms with Crippen LogP contribution in [0.5, 0.6) is 5.75 Å². The average Bonchev–Trinajstić information content (AvgIpc) is 3.13. The molecule has 3 aromatic carbocycles. The first-order valence-electron chi connectivity index (χ1n) is 9.95. The lowest BCUT2D eigenvalue weighted by Crippen LogP contribution is -2.06. The Balaban J connectivity index is 1.48. The third kappa shape index (κ3) is 4.73. The summed E-state index contributed by atoms with van der Waals surface area (Å²) in [5, 5.41) is 11.2. The largest absolute Gasteiger partial charge is 0.489 e. The molecule has 0 aromatic heterocycles. The van der Waals surface area contributed by atoms with Crippen molar-refractivity contribution < 1.29 is 19.2 Å². The van der Waals surface area contributed by atoms with E-state index in [1.165, 1.54) is 11.6 Å². The topological polar surface area (TPSA) is 91.0 Å². The van der Waals surface area contributed by atoms with E-state index < -0.39 is 10.9 Å². The number of hydrogen-bond acceptors (Lipinski definition) is 6. The van der Waals surface area contributed by atoms with Crippen LogP contribution in [0.25, 0.3) is 6.08 Å².